The Morgan fingerprint density at radius 2 is 1.97 bits per heavy atom. The second kappa shape index (κ2) is 7.69. The monoisotopic (exact) mass is 388 g/mol. The van der Waals surface area contributed by atoms with Crippen molar-refractivity contribution in [3.63, 3.8) is 0 Å². The van der Waals surface area contributed by atoms with E-state index in [0.717, 1.165) is 5.56 Å². The van der Waals surface area contributed by atoms with Crippen molar-refractivity contribution in [3.8, 4) is 11.3 Å². The van der Waals surface area contributed by atoms with E-state index >= 15 is 0 Å². The Kier molecular flexibility index (Phi) is 4.77. The summed E-state index contributed by atoms with van der Waals surface area (Å²) in [7, 11) is 0. The molecule has 0 saturated carbocycles. The van der Waals surface area contributed by atoms with Gasteiger partial charge in [-0.3, -0.25) is 14.9 Å². The highest BCUT2D eigenvalue weighted by molar-refractivity contribution is 6.07. The molecule has 1 aromatic carbocycles. The van der Waals surface area contributed by atoms with Crippen LogP contribution in [0, 0.1) is 10.1 Å². The van der Waals surface area contributed by atoms with Crippen LogP contribution in [-0.2, 0) is 0 Å². The standard InChI is InChI=1S/C20H13N5O4/c26-20(24-22-12-14-5-6-19(29-14)25(27)28)16-11-18(13-7-9-21-10-8-13)23-17-4-2-1-3-15(16)17/h1-12H,(H,24,26)/p+1. The summed E-state index contributed by atoms with van der Waals surface area (Å²) in [5, 5.41) is 15.2. The van der Waals surface area contributed by atoms with E-state index in [1.165, 1.54) is 18.3 Å². The van der Waals surface area contributed by atoms with Gasteiger partial charge in [0.25, 0.3) is 5.91 Å². The molecule has 29 heavy (non-hydrogen) atoms. The number of benzene rings is 1. The van der Waals surface area contributed by atoms with Gasteiger partial charge in [0.05, 0.1) is 29.1 Å². The zero-order chi connectivity index (χ0) is 20.2. The molecule has 0 aliphatic rings. The predicted octanol–water partition coefficient (Wildman–Crippen LogP) is 2.98. The minimum Gasteiger partial charge on any atom is -0.400 e. The molecule has 2 N–H and O–H groups in total. The fourth-order valence-corrected chi connectivity index (χ4v) is 2.79. The first-order valence-electron chi connectivity index (χ1n) is 8.56. The number of para-hydroxylation sites is 1. The number of aromatic amines is 1. The molecule has 0 fully saturated rings. The first-order valence-corrected chi connectivity index (χ1v) is 8.56. The number of carbonyl (C=O) groups is 1. The van der Waals surface area contributed by atoms with Gasteiger partial charge in [0.15, 0.2) is 18.2 Å². The van der Waals surface area contributed by atoms with Gasteiger partial charge in [0, 0.05) is 23.1 Å². The Morgan fingerprint density at radius 1 is 1.17 bits per heavy atom. The van der Waals surface area contributed by atoms with Crippen LogP contribution in [0.25, 0.3) is 22.2 Å². The molecule has 0 aliphatic carbocycles. The average Bonchev–Trinajstić information content (AvgIpc) is 3.23. The van der Waals surface area contributed by atoms with Crippen molar-refractivity contribution in [3.05, 3.63) is 88.4 Å². The molecule has 0 bridgehead atoms. The van der Waals surface area contributed by atoms with E-state index in [1.807, 2.05) is 30.3 Å². The largest absolute Gasteiger partial charge is 0.433 e. The van der Waals surface area contributed by atoms with E-state index in [0.29, 0.717) is 22.2 Å². The van der Waals surface area contributed by atoms with Crippen LogP contribution < -0.4 is 10.4 Å². The van der Waals surface area contributed by atoms with Crippen molar-refractivity contribution in [1.82, 2.24) is 10.4 Å². The van der Waals surface area contributed by atoms with Crippen LogP contribution in [0.1, 0.15) is 16.1 Å². The summed E-state index contributed by atoms with van der Waals surface area (Å²) in [5.74, 6) is -0.690. The number of H-pyrrole nitrogens is 1. The highest BCUT2D eigenvalue weighted by Gasteiger charge is 2.14. The molecule has 3 heterocycles. The summed E-state index contributed by atoms with van der Waals surface area (Å²) in [4.78, 5) is 30.3. The fraction of sp³-hybridized carbons (Fsp3) is 0. The molecule has 0 aliphatic heterocycles. The number of pyridine rings is 2. The number of nitrogens with zero attached hydrogens (tertiary/aromatic N) is 3. The van der Waals surface area contributed by atoms with Crippen LogP contribution in [0.2, 0.25) is 0 Å². The number of hydrogen-bond donors (Lipinski definition) is 1. The number of rotatable bonds is 5. The molecule has 0 spiro atoms. The van der Waals surface area contributed by atoms with Crippen molar-refractivity contribution in [2.45, 2.75) is 0 Å². The van der Waals surface area contributed by atoms with Gasteiger partial charge in [-0.05, 0) is 18.2 Å². The first kappa shape index (κ1) is 18.0. The maximum atomic E-state index is 12.7. The number of aromatic nitrogens is 2. The fourth-order valence-electron chi connectivity index (χ4n) is 2.79. The molecule has 0 saturated heterocycles. The number of carbonyl (C=O) groups excluding carboxylic acids is 1. The van der Waals surface area contributed by atoms with E-state index in [9.17, 15) is 14.9 Å². The van der Waals surface area contributed by atoms with Crippen LogP contribution in [-0.4, -0.2) is 22.0 Å². The highest BCUT2D eigenvalue weighted by atomic mass is 16.6. The molecule has 4 aromatic rings. The zero-order valence-electron chi connectivity index (χ0n) is 14.9. The molecule has 9 nitrogen and oxygen atoms in total. The van der Waals surface area contributed by atoms with E-state index in [2.05, 4.69) is 20.5 Å². The maximum absolute atomic E-state index is 12.7. The molecule has 3 aromatic heterocycles. The quantitative estimate of drug-likeness (QED) is 0.320. The van der Waals surface area contributed by atoms with Crippen LogP contribution in [0.4, 0.5) is 5.88 Å². The lowest BCUT2D eigenvalue weighted by Crippen LogP contribution is -2.18. The molecule has 0 unspecified atom stereocenters. The van der Waals surface area contributed by atoms with Crippen molar-refractivity contribution in [1.29, 1.82) is 0 Å². The summed E-state index contributed by atoms with van der Waals surface area (Å²) in [6, 6.07) is 15.3. The molecule has 9 heteroatoms. The van der Waals surface area contributed by atoms with E-state index in [-0.39, 0.29) is 5.76 Å². The van der Waals surface area contributed by atoms with Gasteiger partial charge >= 0.3 is 5.88 Å². The third-order valence-corrected chi connectivity index (χ3v) is 4.13. The topological polar surface area (TPSA) is 125 Å². The van der Waals surface area contributed by atoms with Gasteiger partial charge in [-0.1, -0.05) is 18.2 Å². The van der Waals surface area contributed by atoms with Crippen molar-refractivity contribution >= 4 is 28.9 Å². The first-order chi connectivity index (χ1) is 14.1. The Balaban J connectivity index is 1.64. The highest BCUT2D eigenvalue weighted by Crippen LogP contribution is 2.24. The minimum absolute atomic E-state index is 0.151. The zero-order valence-corrected chi connectivity index (χ0v) is 14.9. The number of nitro groups is 1. The Hall–Kier alpha value is -4.40. The summed E-state index contributed by atoms with van der Waals surface area (Å²) >= 11 is 0. The Labute approximate surface area is 163 Å². The third kappa shape index (κ3) is 3.83. The van der Waals surface area contributed by atoms with Crippen molar-refractivity contribution < 1.29 is 19.1 Å². The van der Waals surface area contributed by atoms with Crippen LogP contribution in [0.15, 0.2) is 76.5 Å². The molecule has 1 amide bonds. The normalized spacial score (nSPS) is 11.0. The molecular weight excluding hydrogens is 374 g/mol. The van der Waals surface area contributed by atoms with E-state index < -0.39 is 16.7 Å². The van der Waals surface area contributed by atoms with E-state index in [1.54, 1.807) is 24.5 Å². The van der Waals surface area contributed by atoms with Gasteiger partial charge in [-0.25, -0.2) is 15.4 Å². The van der Waals surface area contributed by atoms with Crippen LogP contribution in [0.5, 0.6) is 0 Å². The maximum Gasteiger partial charge on any atom is 0.433 e. The number of fused-ring (bicyclic) bond motifs is 1. The van der Waals surface area contributed by atoms with Gasteiger partial charge in [0.1, 0.15) is 4.92 Å². The lowest BCUT2D eigenvalue weighted by Gasteiger charge is -2.08. The van der Waals surface area contributed by atoms with Crippen molar-refractivity contribution in [2.24, 2.45) is 5.10 Å². The second-order valence-electron chi connectivity index (χ2n) is 5.99. The van der Waals surface area contributed by atoms with Gasteiger partial charge in [0.2, 0.25) is 0 Å². The van der Waals surface area contributed by atoms with Gasteiger partial charge < -0.3 is 4.42 Å². The Morgan fingerprint density at radius 3 is 2.72 bits per heavy atom. The average molecular weight is 388 g/mol. The van der Waals surface area contributed by atoms with Gasteiger partial charge in [-0.2, -0.15) is 5.10 Å². The SMILES string of the molecule is O=C(NN=Cc1ccc([N+](=O)[O-])o1)c1cc(-c2cc[nH+]cc2)nc2ccccc12. The second-order valence-corrected chi connectivity index (χ2v) is 5.99. The summed E-state index contributed by atoms with van der Waals surface area (Å²) < 4.78 is 4.97. The summed E-state index contributed by atoms with van der Waals surface area (Å²) in [6.45, 7) is 0. The molecular formula is C20H14N5O4+. The van der Waals surface area contributed by atoms with Crippen LogP contribution in [0.3, 0.4) is 0 Å². The molecule has 142 valence electrons. The van der Waals surface area contributed by atoms with E-state index in [4.69, 9.17) is 4.42 Å². The number of amides is 1. The predicted molar refractivity (Wildman–Crippen MR) is 104 cm³/mol. The lowest BCUT2D eigenvalue weighted by atomic mass is 10.0. The minimum atomic E-state index is -0.651. The molecule has 0 atom stereocenters. The van der Waals surface area contributed by atoms with Crippen LogP contribution >= 0.6 is 0 Å². The summed E-state index contributed by atoms with van der Waals surface area (Å²) in [6.07, 6.45) is 4.75. The summed E-state index contributed by atoms with van der Waals surface area (Å²) in [5.41, 5.74) is 5.00. The Bertz CT molecular complexity index is 1230. The molecule has 4 rings (SSSR count). The molecule has 0 radical (unpaired) electrons. The third-order valence-electron chi connectivity index (χ3n) is 4.13. The number of hydrogen-bond acceptors (Lipinski definition) is 6. The number of nitrogens with one attached hydrogen (secondary N) is 2. The number of furan rings is 1. The van der Waals surface area contributed by atoms with Gasteiger partial charge in [-0.15, -0.1) is 0 Å². The van der Waals surface area contributed by atoms with Crippen molar-refractivity contribution in [2.75, 3.05) is 0 Å². The number of hydrazone groups is 1. The smallest absolute Gasteiger partial charge is 0.400 e. The lowest BCUT2D eigenvalue weighted by molar-refractivity contribution is -0.402.